The van der Waals surface area contributed by atoms with E-state index >= 15 is 0 Å². The molecule has 14 heavy (non-hydrogen) atoms. The number of nitriles is 1. The summed E-state index contributed by atoms with van der Waals surface area (Å²) in [5, 5.41) is 12.2. The molecule has 0 aliphatic heterocycles. The Bertz CT molecular complexity index is 374. The zero-order valence-corrected chi connectivity index (χ0v) is 8.25. The predicted octanol–water partition coefficient (Wildman–Crippen LogP) is 2.31. The van der Waals surface area contributed by atoms with E-state index < -0.39 is 0 Å². The maximum absolute atomic E-state index is 8.85. The van der Waals surface area contributed by atoms with Crippen molar-refractivity contribution in [3.05, 3.63) is 24.0 Å². The molecule has 0 aromatic carbocycles. The van der Waals surface area contributed by atoms with Crippen LogP contribution in [0.4, 0.5) is 5.69 Å². The summed E-state index contributed by atoms with van der Waals surface area (Å²) in [5.74, 6) is 0. The molecule has 0 radical (unpaired) electrons. The van der Waals surface area contributed by atoms with Crippen molar-refractivity contribution in [1.29, 1.82) is 5.26 Å². The van der Waals surface area contributed by atoms with Crippen LogP contribution in [0.2, 0.25) is 0 Å². The quantitative estimate of drug-likeness (QED) is 0.772. The minimum Gasteiger partial charge on any atom is -0.378 e. The van der Waals surface area contributed by atoms with Crippen molar-refractivity contribution < 1.29 is 0 Å². The van der Waals surface area contributed by atoms with E-state index in [0.29, 0.717) is 5.69 Å². The first-order valence-corrected chi connectivity index (χ1v) is 4.87. The molecule has 0 bridgehead atoms. The molecule has 0 atom stereocenters. The van der Waals surface area contributed by atoms with Crippen LogP contribution in [0.1, 0.15) is 31.9 Å². The van der Waals surface area contributed by atoms with E-state index in [4.69, 9.17) is 5.26 Å². The van der Waals surface area contributed by atoms with Crippen LogP contribution in [-0.2, 0) is 0 Å². The zero-order chi connectivity index (χ0) is 10.0. The number of rotatable bonds is 2. The number of nitrogens with zero attached hydrogens (tertiary/aromatic N) is 2. The molecule has 0 amide bonds. The summed E-state index contributed by atoms with van der Waals surface area (Å²) in [6.45, 7) is 2.19. The van der Waals surface area contributed by atoms with E-state index in [1.807, 2.05) is 12.1 Å². The highest BCUT2D eigenvalue weighted by Gasteiger charge is 2.31. The Hall–Kier alpha value is -1.56. The van der Waals surface area contributed by atoms with Crippen LogP contribution in [0.5, 0.6) is 0 Å². The highest BCUT2D eigenvalue weighted by molar-refractivity contribution is 5.55. The second-order valence-electron chi connectivity index (χ2n) is 4.05. The largest absolute Gasteiger partial charge is 0.378 e. The smallest absolute Gasteiger partial charge is 0.163 e. The van der Waals surface area contributed by atoms with Crippen molar-refractivity contribution in [2.75, 3.05) is 5.32 Å². The lowest BCUT2D eigenvalue weighted by Crippen LogP contribution is -2.41. The van der Waals surface area contributed by atoms with Gasteiger partial charge in [0.25, 0.3) is 0 Å². The summed E-state index contributed by atoms with van der Waals surface area (Å²) in [6.07, 6.45) is 5.26. The van der Waals surface area contributed by atoms with Crippen LogP contribution in [-0.4, -0.2) is 10.5 Å². The van der Waals surface area contributed by atoms with Gasteiger partial charge in [-0.2, -0.15) is 5.26 Å². The van der Waals surface area contributed by atoms with Crippen LogP contribution in [0.15, 0.2) is 18.3 Å². The Kier molecular flexibility index (Phi) is 2.12. The molecule has 2 rings (SSSR count). The molecular formula is C11H13N3. The van der Waals surface area contributed by atoms with Crippen LogP contribution in [0.3, 0.4) is 0 Å². The van der Waals surface area contributed by atoms with Crippen LogP contribution < -0.4 is 5.32 Å². The van der Waals surface area contributed by atoms with Crippen LogP contribution >= 0.6 is 0 Å². The lowest BCUT2D eigenvalue weighted by atomic mass is 9.78. The van der Waals surface area contributed by atoms with Gasteiger partial charge in [-0.15, -0.1) is 0 Å². The van der Waals surface area contributed by atoms with Gasteiger partial charge in [0, 0.05) is 11.7 Å². The highest BCUT2D eigenvalue weighted by atomic mass is 15.0. The van der Waals surface area contributed by atoms with Gasteiger partial charge in [0.05, 0.1) is 5.69 Å². The number of anilines is 1. The lowest BCUT2D eigenvalue weighted by molar-refractivity contribution is 0.306. The molecule has 1 N–H and O–H groups in total. The van der Waals surface area contributed by atoms with Gasteiger partial charge >= 0.3 is 0 Å². The average molecular weight is 187 g/mol. The summed E-state index contributed by atoms with van der Waals surface area (Å²) in [6, 6.07) is 5.86. The molecule has 1 aliphatic carbocycles. The molecule has 0 spiro atoms. The zero-order valence-electron chi connectivity index (χ0n) is 8.25. The van der Waals surface area contributed by atoms with Crippen molar-refractivity contribution >= 4 is 5.69 Å². The number of aromatic nitrogens is 1. The Morgan fingerprint density at radius 1 is 1.57 bits per heavy atom. The monoisotopic (exact) mass is 187 g/mol. The lowest BCUT2D eigenvalue weighted by Gasteiger charge is -2.40. The summed E-state index contributed by atoms with van der Waals surface area (Å²) in [7, 11) is 0. The van der Waals surface area contributed by atoms with Gasteiger partial charge in [0.2, 0.25) is 0 Å². The molecule has 3 nitrogen and oxygen atoms in total. The maximum atomic E-state index is 8.85. The van der Waals surface area contributed by atoms with E-state index in [2.05, 4.69) is 23.3 Å². The minimum absolute atomic E-state index is 0.175. The second-order valence-corrected chi connectivity index (χ2v) is 4.05. The minimum atomic E-state index is 0.175. The molecule has 1 heterocycles. The third-order valence-corrected chi connectivity index (χ3v) is 2.81. The Labute approximate surface area is 83.8 Å². The normalized spacial score (nSPS) is 18.0. The van der Waals surface area contributed by atoms with E-state index in [1.165, 1.54) is 19.3 Å². The number of pyridine rings is 1. The van der Waals surface area contributed by atoms with Crippen molar-refractivity contribution in [3.8, 4) is 6.07 Å². The molecule has 1 saturated carbocycles. The fourth-order valence-corrected chi connectivity index (χ4v) is 1.75. The molecule has 72 valence electrons. The highest BCUT2D eigenvalue weighted by Crippen LogP contribution is 2.34. The van der Waals surface area contributed by atoms with Gasteiger partial charge in [0.15, 0.2) is 5.69 Å². The fourth-order valence-electron chi connectivity index (χ4n) is 1.75. The van der Waals surface area contributed by atoms with E-state index in [1.54, 1.807) is 6.20 Å². The summed E-state index contributed by atoms with van der Waals surface area (Å²) < 4.78 is 0. The van der Waals surface area contributed by atoms with Crippen molar-refractivity contribution in [2.45, 2.75) is 31.7 Å². The molecule has 0 saturated heterocycles. The maximum Gasteiger partial charge on any atom is 0.163 e. The fraction of sp³-hybridized carbons (Fsp3) is 0.455. The van der Waals surface area contributed by atoms with E-state index in [-0.39, 0.29) is 5.54 Å². The number of hydrogen-bond acceptors (Lipinski definition) is 3. The van der Waals surface area contributed by atoms with Crippen LogP contribution in [0.25, 0.3) is 0 Å². The summed E-state index contributed by atoms with van der Waals surface area (Å²) in [5.41, 5.74) is 1.52. The molecule has 1 aromatic rings. The third kappa shape index (κ3) is 1.56. The molecule has 0 unspecified atom stereocenters. The summed E-state index contributed by atoms with van der Waals surface area (Å²) in [4.78, 5) is 4.02. The predicted molar refractivity (Wildman–Crippen MR) is 54.8 cm³/mol. The van der Waals surface area contributed by atoms with E-state index in [9.17, 15) is 0 Å². The average Bonchev–Trinajstić information content (AvgIpc) is 2.16. The molecule has 1 fully saturated rings. The number of nitrogens with one attached hydrogen (secondary N) is 1. The molecule has 1 aromatic heterocycles. The Morgan fingerprint density at radius 3 is 2.93 bits per heavy atom. The van der Waals surface area contributed by atoms with Crippen LogP contribution in [0, 0.1) is 11.3 Å². The van der Waals surface area contributed by atoms with Gasteiger partial charge in [0.1, 0.15) is 6.07 Å². The first-order chi connectivity index (χ1) is 6.73. The SMILES string of the molecule is CC1(Nc2cccnc2C#N)CCC1. The van der Waals surface area contributed by atoms with E-state index in [0.717, 1.165) is 5.69 Å². The number of hydrogen-bond donors (Lipinski definition) is 1. The molecular weight excluding hydrogens is 174 g/mol. The Balaban J connectivity index is 2.20. The van der Waals surface area contributed by atoms with Gasteiger partial charge in [-0.05, 0) is 38.3 Å². The first kappa shape index (κ1) is 9.01. The second kappa shape index (κ2) is 3.30. The van der Waals surface area contributed by atoms with Gasteiger partial charge in [-0.25, -0.2) is 4.98 Å². The molecule has 3 heteroatoms. The van der Waals surface area contributed by atoms with Gasteiger partial charge < -0.3 is 5.32 Å². The van der Waals surface area contributed by atoms with Crippen molar-refractivity contribution in [1.82, 2.24) is 4.98 Å². The van der Waals surface area contributed by atoms with Crippen molar-refractivity contribution in [2.24, 2.45) is 0 Å². The van der Waals surface area contributed by atoms with Gasteiger partial charge in [-0.3, -0.25) is 0 Å². The molecule has 1 aliphatic rings. The Morgan fingerprint density at radius 2 is 2.36 bits per heavy atom. The first-order valence-electron chi connectivity index (χ1n) is 4.87. The summed E-state index contributed by atoms with van der Waals surface area (Å²) >= 11 is 0. The topological polar surface area (TPSA) is 48.7 Å². The van der Waals surface area contributed by atoms with Crippen molar-refractivity contribution in [3.63, 3.8) is 0 Å². The van der Waals surface area contributed by atoms with Gasteiger partial charge in [-0.1, -0.05) is 0 Å². The standard InChI is InChI=1S/C11H13N3/c1-11(5-3-6-11)14-9-4-2-7-13-10(9)8-12/h2,4,7,14H,3,5-6H2,1H3. The third-order valence-electron chi connectivity index (χ3n) is 2.81.